The molecule has 0 saturated carbocycles. The second-order valence-corrected chi connectivity index (χ2v) is 5.61. The molecular formula is C16H15ClN2O. The lowest BCUT2D eigenvalue weighted by Crippen LogP contribution is -2.39. The van der Waals surface area contributed by atoms with Crippen molar-refractivity contribution in [1.29, 1.82) is 0 Å². The summed E-state index contributed by atoms with van der Waals surface area (Å²) in [6.07, 6.45) is 2.58. The molecule has 20 heavy (non-hydrogen) atoms. The van der Waals surface area contributed by atoms with Gasteiger partial charge in [-0.15, -0.1) is 0 Å². The number of fused-ring (bicyclic) bond motifs is 1. The maximum atomic E-state index is 12.7. The predicted octanol–water partition coefficient (Wildman–Crippen LogP) is 3.57. The van der Waals surface area contributed by atoms with Crippen molar-refractivity contribution < 1.29 is 4.79 Å². The second kappa shape index (κ2) is 5.25. The van der Waals surface area contributed by atoms with E-state index in [1.807, 2.05) is 23.1 Å². The van der Waals surface area contributed by atoms with Gasteiger partial charge >= 0.3 is 0 Å². The van der Waals surface area contributed by atoms with Gasteiger partial charge in [0.25, 0.3) is 5.91 Å². The van der Waals surface area contributed by atoms with Gasteiger partial charge in [0.15, 0.2) is 0 Å². The van der Waals surface area contributed by atoms with Crippen LogP contribution >= 0.6 is 11.6 Å². The number of rotatable bonds is 1. The van der Waals surface area contributed by atoms with Crippen LogP contribution in [0.25, 0.3) is 0 Å². The molecule has 2 heterocycles. The van der Waals surface area contributed by atoms with Crippen LogP contribution < -0.4 is 4.90 Å². The molecule has 0 N–H and O–H groups in total. The summed E-state index contributed by atoms with van der Waals surface area (Å²) in [6, 6.07) is 11.4. The molecule has 1 aliphatic rings. The van der Waals surface area contributed by atoms with Crippen molar-refractivity contribution in [1.82, 2.24) is 4.98 Å². The molecular weight excluding hydrogens is 272 g/mol. The maximum absolute atomic E-state index is 12.7. The Bertz CT molecular complexity index is 656. The predicted molar refractivity (Wildman–Crippen MR) is 80.2 cm³/mol. The molecule has 0 fully saturated rings. The summed E-state index contributed by atoms with van der Waals surface area (Å²) < 4.78 is 0. The number of benzene rings is 1. The molecule has 0 bridgehead atoms. The summed E-state index contributed by atoms with van der Waals surface area (Å²) in [7, 11) is 0. The Labute approximate surface area is 123 Å². The average Bonchev–Trinajstić information content (AvgIpc) is 2.45. The van der Waals surface area contributed by atoms with Gasteiger partial charge in [-0.05, 0) is 36.1 Å². The van der Waals surface area contributed by atoms with Crippen molar-refractivity contribution in [2.45, 2.75) is 13.3 Å². The van der Waals surface area contributed by atoms with Crippen molar-refractivity contribution in [3.63, 3.8) is 0 Å². The molecule has 1 atom stereocenters. The molecule has 1 aromatic heterocycles. The monoisotopic (exact) mass is 286 g/mol. The highest BCUT2D eigenvalue weighted by atomic mass is 35.5. The van der Waals surface area contributed by atoms with Crippen LogP contribution in [0.1, 0.15) is 22.8 Å². The first-order valence-electron chi connectivity index (χ1n) is 6.66. The highest BCUT2D eigenvalue weighted by Gasteiger charge is 2.26. The van der Waals surface area contributed by atoms with Gasteiger partial charge in [0, 0.05) is 24.0 Å². The number of pyridine rings is 1. The van der Waals surface area contributed by atoms with Crippen molar-refractivity contribution in [3.05, 3.63) is 58.9 Å². The van der Waals surface area contributed by atoms with E-state index in [9.17, 15) is 4.79 Å². The van der Waals surface area contributed by atoms with Crippen molar-refractivity contribution in [3.8, 4) is 0 Å². The Morgan fingerprint density at radius 3 is 2.95 bits per heavy atom. The molecule has 0 spiro atoms. The molecule has 4 heteroatoms. The number of carbonyl (C=O) groups excluding carboxylic acids is 1. The smallest absolute Gasteiger partial charge is 0.258 e. The van der Waals surface area contributed by atoms with Gasteiger partial charge in [-0.25, -0.2) is 4.98 Å². The molecule has 1 aromatic carbocycles. The number of halogens is 1. The fourth-order valence-corrected chi connectivity index (χ4v) is 2.85. The molecule has 1 unspecified atom stereocenters. The Morgan fingerprint density at radius 2 is 2.15 bits per heavy atom. The summed E-state index contributed by atoms with van der Waals surface area (Å²) in [5.74, 6) is 0.430. The van der Waals surface area contributed by atoms with E-state index in [1.54, 1.807) is 18.3 Å². The number of amides is 1. The quantitative estimate of drug-likeness (QED) is 0.751. The molecule has 0 aliphatic carbocycles. The van der Waals surface area contributed by atoms with Crippen LogP contribution in [0, 0.1) is 5.92 Å². The molecule has 0 saturated heterocycles. The lowest BCUT2D eigenvalue weighted by Gasteiger charge is -2.33. The first-order valence-corrected chi connectivity index (χ1v) is 7.04. The minimum absolute atomic E-state index is 0.0201. The van der Waals surface area contributed by atoms with E-state index in [-0.39, 0.29) is 5.91 Å². The normalized spacial score (nSPS) is 17.7. The number of carbonyl (C=O) groups is 1. The summed E-state index contributed by atoms with van der Waals surface area (Å²) in [6.45, 7) is 2.89. The second-order valence-electron chi connectivity index (χ2n) is 5.22. The molecule has 1 amide bonds. The largest absolute Gasteiger partial charge is 0.308 e. The van der Waals surface area contributed by atoms with E-state index in [1.165, 1.54) is 5.56 Å². The Kier molecular flexibility index (Phi) is 3.45. The molecule has 0 radical (unpaired) electrons. The number of para-hydroxylation sites is 1. The van der Waals surface area contributed by atoms with Crippen LogP contribution in [-0.2, 0) is 6.42 Å². The fourth-order valence-electron chi connectivity index (χ4n) is 2.68. The van der Waals surface area contributed by atoms with Gasteiger partial charge in [-0.1, -0.05) is 36.7 Å². The summed E-state index contributed by atoms with van der Waals surface area (Å²) in [4.78, 5) is 18.5. The van der Waals surface area contributed by atoms with Crippen LogP contribution in [0.5, 0.6) is 0 Å². The number of aromatic nitrogens is 1. The summed E-state index contributed by atoms with van der Waals surface area (Å²) in [5.41, 5.74) is 2.80. The van der Waals surface area contributed by atoms with Crippen molar-refractivity contribution in [2.24, 2.45) is 5.92 Å². The number of hydrogen-bond acceptors (Lipinski definition) is 2. The van der Waals surface area contributed by atoms with Gasteiger partial charge in [0.2, 0.25) is 0 Å². The number of anilines is 1. The summed E-state index contributed by atoms with van der Waals surface area (Å²) in [5, 5.41) is 0.342. The number of nitrogens with zero attached hydrogens (tertiary/aromatic N) is 2. The van der Waals surface area contributed by atoms with E-state index in [0.717, 1.165) is 18.7 Å². The molecule has 3 nitrogen and oxygen atoms in total. The standard InChI is InChI=1S/C16H15ClN2O/c1-11-8-12-4-2-3-5-14(12)19(10-11)16(20)13-6-7-18-15(17)9-13/h2-7,9,11H,8,10H2,1H3. The average molecular weight is 287 g/mol. The third-order valence-corrected chi connectivity index (χ3v) is 3.77. The highest BCUT2D eigenvalue weighted by molar-refractivity contribution is 6.29. The van der Waals surface area contributed by atoms with E-state index < -0.39 is 0 Å². The van der Waals surface area contributed by atoms with Gasteiger partial charge < -0.3 is 4.90 Å². The minimum Gasteiger partial charge on any atom is -0.308 e. The maximum Gasteiger partial charge on any atom is 0.258 e. The molecule has 1 aliphatic heterocycles. The first kappa shape index (κ1) is 13.1. The molecule has 102 valence electrons. The van der Waals surface area contributed by atoms with Crippen LogP contribution in [0.4, 0.5) is 5.69 Å². The fraction of sp³-hybridized carbons (Fsp3) is 0.250. The number of hydrogen-bond donors (Lipinski definition) is 0. The van der Waals surface area contributed by atoms with Crippen molar-refractivity contribution in [2.75, 3.05) is 11.4 Å². The molecule has 3 rings (SSSR count). The Balaban J connectivity index is 2.00. The zero-order valence-electron chi connectivity index (χ0n) is 11.2. The third kappa shape index (κ3) is 2.41. The van der Waals surface area contributed by atoms with Crippen LogP contribution in [0.2, 0.25) is 5.15 Å². The zero-order valence-corrected chi connectivity index (χ0v) is 12.0. The third-order valence-electron chi connectivity index (χ3n) is 3.56. The minimum atomic E-state index is -0.0201. The molecule has 2 aromatic rings. The Hall–Kier alpha value is -1.87. The lowest BCUT2D eigenvalue weighted by molar-refractivity contribution is 0.0981. The first-order chi connectivity index (χ1) is 9.65. The van der Waals surface area contributed by atoms with Gasteiger partial charge in [0.05, 0.1) is 0 Å². The van der Waals surface area contributed by atoms with Crippen LogP contribution in [0.15, 0.2) is 42.6 Å². The van der Waals surface area contributed by atoms with Gasteiger partial charge in [0.1, 0.15) is 5.15 Å². The highest BCUT2D eigenvalue weighted by Crippen LogP contribution is 2.30. The van der Waals surface area contributed by atoms with Crippen LogP contribution in [0.3, 0.4) is 0 Å². The van der Waals surface area contributed by atoms with E-state index in [0.29, 0.717) is 16.6 Å². The SMILES string of the molecule is CC1Cc2ccccc2N(C(=O)c2ccnc(Cl)c2)C1. The van der Waals surface area contributed by atoms with Crippen LogP contribution in [-0.4, -0.2) is 17.4 Å². The van der Waals surface area contributed by atoms with Crippen molar-refractivity contribution >= 4 is 23.2 Å². The van der Waals surface area contributed by atoms with E-state index in [4.69, 9.17) is 11.6 Å². The van der Waals surface area contributed by atoms with Gasteiger partial charge in [-0.3, -0.25) is 4.79 Å². The zero-order chi connectivity index (χ0) is 14.1. The van der Waals surface area contributed by atoms with E-state index >= 15 is 0 Å². The van der Waals surface area contributed by atoms with E-state index in [2.05, 4.69) is 18.0 Å². The topological polar surface area (TPSA) is 33.2 Å². The Morgan fingerprint density at radius 1 is 1.35 bits per heavy atom. The summed E-state index contributed by atoms with van der Waals surface area (Å²) >= 11 is 5.87. The lowest BCUT2D eigenvalue weighted by atomic mass is 9.93. The van der Waals surface area contributed by atoms with Gasteiger partial charge in [-0.2, -0.15) is 0 Å².